The van der Waals surface area contributed by atoms with E-state index < -0.39 is 0 Å². The highest BCUT2D eigenvalue weighted by Gasteiger charge is 2.14. The van der Waals surface area contributed by atoms with Gasteiger partial charge in [0.15, 0.2) is 12.2 Å². The lowest BCUT2D eigenvalue weighted by atomic mass is 9.91. The summed E-state index contributed by atoms with van der Waals surface area (Å²) >= 11 is 0. The van der Waals surface area contributed by atoms with Crippen LogP contribution in [-0.2, 0) is 6.42 Å². The summed E-state index contributed by atoms with van der Waals surface area (Å²) < 4.78 is 5.32. The van der Waals surface area contributed by atoms with Crippen molar-refractivity contribution in [1.29, 1.82) is 0 Å². The molecule has 0 aliphatic carbocycles. The molecule has 1 fully saturated rings. The Morgan fingerprint density at radius 1 is 1.03 bits per heavy atom. The Morgan fingerprint density at radius 2 is 1.84 bits per heavy atom. The van der Waals surface area contributed by atoms with E-state index in [0.29, 0.717) is 22.8 Å². The van der Waals surface area contributed by atoms with Gasteiger partial charge in [0.1, 0.15) is 11.5 Å². The molecule has 2 N–H and O–H groups in total. The molecule has 31 heavy (non-hydrogen) atoms. The molecule has 4 aromatic rings. The number of aromatic nitrogens is 3. The Morgan fingerprint density at radius 3 is 2.61 bits per heavy atom. The molecule has 1 amide bonds. The van der Waals surface area contributed by atoms with Crippen molar-refractivity contribution >= 4 is 22.5 Å². The maximum absolute atomic E-state index is 12.7. The van der Waals surface area contributed by atoms with Crippen LogP contribution in [0.25, 0.3) is 22.2 Å². The number of rotatable bonds is 5. The van der Waals surface area contributed by atoms with Gasteiger partial charge in [-0.25, -0.2) is 9.97 Å². The lowest BCUT2D eigenvalue weighted by molar-refractivity contribution is 0.102. The van der Waals surface area contributed by atoms with Crippen LogP contribution in [-0.4, -0.2) is 33.9 Å². The Kier molecular flexibility index (Phi) is 5.41. The first-order valence-corrected chi connectivity index (χ1v) is 10.5. The number of hydrogen-bond acceptors (Lipinski definition) is 6. The summed E-state index contributed by atoms with van der Waals surface area (Å²) in [6.07, 6.45) is 9.91. The van der Waals surface area contributed by atoms with Crippen molar-refractivity contribution < 1.29 is 9.21 Å². The number of nitrogens with zero attached hydrogens (tertiary/aromatic N) is 3. The van der Waals surface area contributed by atoms with Gasteiger partial charge in [0.2, 0.25) is 0 Å². The Bertz CT molecular complexity index is 1180. The Labute approximate surface area is 179 Å². The van der Waals surface area contributed by atoms with E-state index in [1.54, 1.807) is 18.6 Å². The predicted octanol–water partition coefficient (Wildman–Crippen LogP) is 4.08. The molecular formula is C24H23N5O2. The molecule has 0 spiro atoms. The summed E-state index contributed by atoms with van der Waals surface area (Å²) in [7, 11) is 0. The number of carbonyl (C=O) groups is 1. The number of carbonyl (C=O) groups excluding carboxylic acids is 1. The van der Waals surface area contributed by atoms with E-state index in [1.165, 1.54) is 24.8 Å². The molecule has 7 heteroatoms. The van der Waals surface area contributed by atoms with Gasteiger partial charge in [-0.3, -0.25) is 9.78 Å². The summed E-state index contributed by atoms with van der Waals surface area (Å²) in [5, 5.41) is 8.07. The van der Waals surface area contributed by atoms with Crippen LogP contribution in [0.15, 0.2) is 65.8 Å². The number of hydrogen-bond donors (Lipinski definition) is 2. The third kappa shape index (κ3) is 4.46. The van der Waals surface area contributed by atoms with E-state index >= 15 is 0 Å². The van der Waals surface area contributed by atoms with Crippen molar-refractivity contribution in [1.82, 2.24) is 20.3 Å². The molecule has 1 aromatic carbocycles. The van der Waals surface area contributed by atoms with E-state index in [2.05, 4.69) is 37.7 Å². The van der Waals surface area contributed by atoms with Gasteiger partial charge >= 0.3 is 0 Å². The molecule has 0 bridgehead atoms. The summed E-state index contributed by atoms with van der Waals surface area (Å²) in [4.78, 5) is 25.4. The monoisotopic (exact) mass is 413 g/mol. The zero-order valence-corrected chi connectivity index (χ0v) is 17.0. The molecular weight excluding hydrogens is 390 g/mol. The number of benzene rings is 1. The van der Waals surface area contributed by atoms with Crippen LogP contribution >= 0.6 is 0 Å². The average molecular weight is 413 g/mol. The fourth-order valence-corrected chi connectivity index (χ4v) is 3.98. The van der Waals surface area contributed by atoms with Crippen LogP contribution in [0.2, 0.25) is 0 Å². The van der Waals surface area contributed by atoms with Crippen LogP contribution < -0.4 is 10.6 Å². The number of oxazole rings is 1. The van der Waals surface area contributed by atoms with Gasteiger partial charge in [-0.15, -0.1) is 0 Å². The highest BCUT2D eigenvalue weighted by molar-refractivity contribution is 6.04. The van der Waals surface area contributed by atoms with Crippen molar-refractivity contribution in [3.63, 3.8) is 0 Å². The fraction of sp³-hybridized carbons (Fsp3) is 0.250. The van der Waals surface area contributed by atoms with Gasteiger partial charge in [0, 0.05) is 23.3 Å². The van der Waals surface area contributed by atoms with Gasteiger partial charge in [-0.2, -0.15) is 0 Å². The zero-order valence-electron chi connectivity index (χ0n) is 17.0. The van der Waals surface area contributed by atoms with E-state index in [1.807, 2.05) is 24.3 Å². The van der Waals surface area contributed by atoms with Crippen LogP contribution in [0, 0.1) is 5.92 Å². The van der Waals surface area contributed by atoms with Crippen LogP contribution in [0.1, 0.15) is 28.8 Å². The first-order valence-electron chi connectivity index (χ1n) is 10.5. The molecule has 7 nitrogen and oxygen atoms in total. The van der Waals surface area contributed by atoms with Crippen molar-refractivity contribution in [3.05, 3.63) is 72.5 Å². The number of pyridine rings is 2. The van der Waals surface area contributed by atoms with Crippen LogP contribution in [0.5, 0.6) is 0 Å². The summed E-state index contributed by atoms with van der Waals surface area (Å²) in [6, 6.07) is 11.6. The second kappa shape index (κ2) is 8.65. The van der Waals surface area contributed by atoms with Gasteiger partial charge in [-0.05, 0) is 73.5 Å². The number of piperidine rings is 1. The third-order valence-corrected chi connectivity index (χ3v) is 5.73. The standard InChI is InChI=1S/C24H23N5O2/c30-24(18-3-1-16(2-4-18)9-17-5-7-25-8-6-17)29-23-11-19-10-21(22-14-26-15-31-22)27-12-20(19)13-28-23/h1-4,10-15,17,25H,5-9H2,(H,28,29,30). The first-order chi connectivity index (χ1) is 15.2. The number of nitrogens with one attached hydrogen (secondary N) is 2. The molecule has 5 rings (SSSR count). The molecule has 1 aliphatic rings. The molecule has 4 heterocycles. The van der Waals surface area contributed by atoms with Gasteiger partial charge < -0.3 is 15.1 Å². The third-order valence-electron chi connectivity index (χ3n) is 5.73. The maximum Gasteiger partial charge on any atom is 0.256 e. The van der Waals surface area contributed by atoms with E-state index in [9.17, 15) is 4.79 Å². The quantitative estimate of drug-likeness (QED) is 0.512. The SMILES string of the molecule is O=C(Nc1cc2cc(-c3cnco3)ncc2cn1)c1ccc(CC2CCNCC2)cc1. The van der Waals surface area contributed by atoms with Crippen molar-refractivity contribution in [2.45, 2.75) is 19.3 Å². The molecule has 1 saturated heterocycles. The Balaban J connectivity index is 1.29. The molecule has 156 valence electrons. The predicted molar refractivity (Wildman–Crippen MR) is 119 cm³/mol. The van der Waals surface area contributed by atoms with Gasteiger partial charge in [0.25, 0.3) is 5.91 Å². The van der Waals surface area contributed by atoms with Crippen molar-refractivity contribution in [3.8, 4) is 11.5 Å². The van der Waals surface area contributed by atoms with Gasteiger partial charge in [0.05, 0.1) is 6.20 Å². The smallest absolute Gasteiger partial charge is 0.256 e. The average Bonchev–Trinajstić information content (AvgIpc) is 3.35. The lowest BCUT2D eigenvalue weighted by Gasteiger charge is -2.22. The van der Waals surface area contributed by atoms with Crippen LogP contribution in [0.4, 0.5) is 5.82 Å². The molecule has 3 aromatic heterocycles. The van der Waals surface area contributed by atoms with Crippen LogP contribution in [0.3, 0.4) is 0 Å². The first kappa shape index (κ1) is 19.4. The summed E-state index contributed by atoms with van der Waals surface area (Å²) in [5.41, 5.74) is 2.57. The highest BCUT2D eigenvalue weighted by Crippen LogP contribution is 2.23. The zero-order chi connectivity index (χ0) is 21.0. The minimum atomic E-state index is -0.176. The van der Waals surface area contributed by atoms with E-state index in [-0.39, 0.29) is 5.91 Å². The molecule has 0 radical (unpaired) electrons. The highest BCUT2D eigenvalue weighted by atomic mass is 16.3. The van der Waals surface area contributed by atoms with E-state index in [0.717, 1.165) is 36.2 Å². The second-order valence-electron chi connectivity index (χ2n) is 7.90. The fourth-order valence-electron chi connectivity index (χ4n) is 3.98. The minimum Gasteiger partial charge on any atom is -0.442 e. The Hall–Kier alpha value is -3.58. The molecule has 0 unspecified atom stereocenters. The van der Waals surface area contributed by atoms with Crippen molar-refractivity contribution in [2.75, 3.05) is 18.4 Å². The number of anilines is 1. The maximum atomic E-state index is 12.7. The van der Waals surface area contributed by atoms with E-state index in [4.69, 9.17) is 4.42 Å². The molecule has 1 aliphatic heterocycles. The van der Waals surface area contributed by atoms with Gasteiger partial charge in [-0.1, -0.05) is 12.1 Å². The summed E-state index contributed by atoms with van der Waals surface area (Å²) in [6.45, 7) is 2.19. The number of fused-ring (bicyclic) bond motifs is 1. The summed E-state index contributed by atoms with van der Waals surface area (Å²) in [5.74, 6) is 1.63. The normalized spacial score (nSPS) is 14.6. The molecule has 0 saturated carbocycles. The minimum absolute atomic E-state index is 0.176. The largest absolute Gasteiger partial charge is 0.442 e. The number of amides is 1. The van der Waals surface area contributed by atoms with Crippen molar-refractivity contribution in [2.24, 2.45) is 5.92 Å². The second-order valence-corrected chi connectivity index (χ2v) is 7.90. The molecule has 0 atom stereocenters. The lowest BCUT2D eigenvalue weighted by Crippen LogP contribution is -2.28. The topological polar surface area (TPSA) is 92.9 Å².